The summed E-state index contributed by atoms with van der Waals surface area (Å²) < 4.78 is 42.5. The molecular weight excluding hydrogens is 492 g/mol. The predicted molar refractivity (Wildman–Crippen MR) is 146 cm³/mol. The van der Waals surface area contributed by atoms with E-state index in [0.717, 1.165) is 17.7 Å². The summed E-state index contributed by atoms with van der Waals surface area (Å²) in [6.07, 6.45) is 0.786. The lowest BCUT2D eigenvalue weighted by Crippen LogP contribution is -2.76. The number of nitrogens with zero attached hydrogens (tertiary/aromatic N) is 1. The highest BCUT2D eigenvalue weighted by Gasteiger charge is 2.66. The second-order valence-corrected chi connectivity index (χ2v) is 9.72. The Morgan fingerprint density at radius 3 is 1.82 bits per heavy atom. The van der Waals surface area contributed by atoms with Crippen molar-refractivity contribution in [2.75, 3.05) is 56.9 Å². The normalized spacial score (nSPS) is 19.3. The fourth-order valence-electron chi connectivity index (χ4n) is 5.04. The molecule has 0 aliphatic carbocycles. The van der Waals surface area contributed by atoms with E-state index in [1.54, 1.807) is 6.92 Å². The predicted octanol–water partition coefficient (Wildman–Crippen LogP) is 4.24. The maximum absolute atomic E-state index is 12.4. The van der Waals surface area contributed by atoms with Gasteiger partial charge in [-0.15, -0.1) is 0 Å². The summed E-state index contributed by atoms with van der Waals surface area (Å²) in [4.78, 5) is 1.93. The topological polar surface area (TPSA) is 114 Å². The lowest BCUT2D eigenvalue weighted by Gasteiger charge is -2.59. The fraction of sp³-hybridized carbons (Fsp3) is 0.786. The van der Waals surface area contributed by atoms with Crippen LogP contribution in [0.5, 0.6) is 0 Å². The molecule has 0 saturated carbocycles. The van der Waals surface area contributed by atoms with E-state index < -0.39 is 23.4 Å². The molecule has 0 saturated heterocycles. The van der Waals surface area contributed by atoms with Crippen molar-refractivity contribution in [3.05, 3.63) is 23.8 Å². The Morgan fingerprint density at radius 2 is 1.34 bits per heavy atom. The largest absolute Gasteiger partial charge is 0.399 e. The smallest absolute Gasteiger partial charge is 0.361 e. The molecule has 1 aromatic carbocycles. The van der Waals surface area contributed by atoms with Crippen molar-refractivity contribution in [1.29, 1.82) is 0 Å². The van der Waals surface area contributed by atoms with Crippen molar-refractivity contribution in [2.45, 2.75) is 92.1 Å². The van der Waals surface area contributed by atoms with Gasteiger partial charge < -0.3 is 48.9 Å². The van der Waals surface area contributed by atoms with Crippen LogP contribution in [0, 0.1) is 5.92 Å². The van der Waals surface area contributed by atoms with E-state index in [1.165, 1.54) is 0 Å². The first kappa shape index (κ1) is 32.7. The van der Waals surface area contributed by atoms with Gasteiger partial charge in [0.25, 0.3) is 0 Å². The van der Waals surface area contributed by atoms with E-state index in [0.29, 0.717) is 25.5 Å². The Hall–Kier alpha value is -1.50. The van der Waals surface area contributed by atoms with E-state index in [9.17, 15) is 5.11 Å². The van der Waals surface area contributed by atoms with Crippen molar-refractivity contribution >= 4 is 11.4 Å². The Balaban J connectivity index is 2.77. The van der Waals surface area contributed by atoms with E-state index in [2.05, 4.69) is 20.8 Å². The minimum Gasteiger partial charge on any atom is -0.399 e. The van der Waals surface area contributed by atoms with Gasteiger partial charge in [0.2, 0.25) is 0 Å². The quantitative estimate of drug-likeness (QED) is 0.219. The van der Waals surface area contributed by atoms with Gasteiger partial charge in [-0.05, 0) is 91.5 Å². The molecule has 1 aliphatic heterocycles. The molecule has 38 heavy (non-hydrogen) atoms. The number of rotatable bonds is 17. The Bertz CT molecular complexity index is 844. The van der Waals surface area contributed by atoms with Crippen molar-refractivity contribution in [2.24, 2.45) is 5.92 Å². The number of nitrogens with two attached hydrogens (primary N) is 1. The molecule has 0 radical (unpaired) electrons. The molecule has 10 nitrogen and oxygen atoms in total. The highest BCUT2D eigenvalue weighted by molar-refractivity contribution is 5.64. The third-order valence-electron chi connectivity index (χ3n) is 6.90. The first-order chi connectivity index (χ1) is 18.0. The lowest BCUT2D eigenvalue weighted by molar-refractivity contribution is -0.508. The maximum Gasteiger partial charge on any atom is 0.361 e. The standard InChI is InChI=1S/C28H50N2O8/c1-10-32-26(33-11-2,34-12-3)20-38-28(31,37-15-6)27(35-13-4,36-14-5)30-24-17-16-23(29)19-22(24)18-21(7)25(30,8)9/h16-17,19,21,31H,10-15,18,20,29H2,1-9H3. The molecular formula is C28H50N2O8. The van der Waals surface area contributed by atoms with Crippen LogP contribution in [0.3, 0.4) is 0 Å². The van der Waals surface area contributed by atoms with Crippen LogP contribution in [-0.4, -0.2) is 74.8 Å². The highest BCUT2D eigenvalue weighted by atomic mass is 16.9. The molecule has 2 unspecified atom stereocenters. The third kappa shape index (κ3) is 6.45. The Morgan fingerprint density at radius 1 is 0.842 bits per heavy atom. The van der Waals surface area contributed by atoms with Gasteiger partial charge in [-0.2, -0.15) is 0 Å². The van der Waals surface area contributed by atoms with Crippen LogP contribution >= 0.6 is 0 Å². The number of anilines is 2. The third-order valence-corrected chi connectivity index (χ3v) is 6.90. The van der Waals surface area contributed by atoms with Crippen LogP contribution < -0.4 is 10.6 Å². The lowest BCUT2D eigenvalue weighted by atomic mass is 9.77. The van der Waals surface area contributed by atoms with Gasteiger partial charge >= 0.3 is 17.9 Å². The molecule has 0 bridgehead atoms. The Kier molecular flexibility index (Phi) is 11.8. The van der Waals surface area contributed by atoms with E-state index >= 15 is 0 Å². The molecule has 1 aliphatic rings. The molecule has 2 atom stereocenters. The second kappa shape index (κ2) is 13.7. The minimum absolute atomic E-state index is 0.0989. The van der Waals surface area contributed by atoms with Crippen LogP contribution in [-0.2, 0) is 39.6 Å². The highest BCUT2D eigenvalue weighted by Crippen LogP contribution is 2.49. The van der Waals surface area contributed by atoms with Crippen LogP contribution in [0.2, 0.25) is 0 Å². The summed E-state index contributed by atoms with van der Waals surface area (Å²) in [6.45, 7) is 18.3. The average Bonchev–Trinajstić information content (AvgIpc) is 2.84. The molecule has 0 spiro atoms. The summed E-state index contributed by atoms with van der Waals surface area (Å²) >= 11 is 0. The molecule has 1 heterocycles. The Labute approximate surface area is 228 Å². The molecule has 220 valence electrons. The zero-order valence-corrected chi connectivity index (χ0v) is 24.8. The maximum atomic E-state index is 12.4. The molecule has 0 aromatic heterocycles. The van der Waals surface area contributed by atoms with Crippen molar-refractivity contribution in [3.8, 4) is 0 Å². The summed E-state index contributed by atoms with van der Waals surface area (Å²) in [6, 6.07) is 5.69. The summed E-state index contributed by atoms with van der Waals surface area (Å²) in [5, 5.41) is 12.4. The number of hydrogen-bond acceptors (Lipinski definition) is 10. The molecule has 0 fully saturated rings. The van der Waals surface area contributed by atoms with Gasteiger partial charge in [-0.1, -0.05) is 6.92 Å². The van der Waals surface area contributed by atoms with Gasteiger partial charge in [0.05, 0.1) is 0 Å². The van der Waals surface area contributed by atoms with Crippen LogP contribution in [0.15, 0.2) is 18.2 Å². The first-order valence-corrected chi connectivity index (χ1v) is 13.8. The van der Waals surface area contributed by atoms with E-state index in [-0.39, 0.29) is 32.3 Å². The van der Waals surface area contributed by atoms with Crippen LogP contribution in [0.1, 0.15) is 67.9 Å². The van der Waals surface area contributed by atoms with E-state index in [4.69, 9.17) is 38.9 Å². The summed E-state index contributed by atoms with van der Waals surface area (Å²) in [5.74, 6) is -5.80. The van der Waals surface area contributed by atoms with E-state index in [1.807, 2.05) is 57.7 Å². The number of ether oxygens (including phenoxy) is 7. The SMILES string of the molecule is CCOC(COC(O)(OCC)C(OCC)(OCC)N1c2ccc(N)cc2CC(C)C1(C)C)(OCC)OCC. The number of nitrogen functional groups attached to an aromatic ring is 1. The second-order valence-electron chi connectivity index (χ2n) is 9.72. The number of aliphatic hydroxyl groups is 1. The number of hydrogen-bond donors (Lipinski definition) is 2. The van der Waals surface area contributed by atoms with Crippen molar-refractivity contribution < 1.29 is 38.3 Å². The van der Waals surface area contributed by atoms with Crippen molar-refractivity contribution in [1.82, 2.24) is 0 Å². The summed E-state index contributed by atoms with van der Waals surface area (Å²) in [5.41, 5.74) is 8.05. The van der Waals surface area contributed by atoms with Gasteiger partial charge in [0.1, 0.15) is 6.61 Å². The zero-order valence-electron chi connectivity index (χ0n) is 24.8. The van der Waals surface area contributed by atoms with Gasteiger partial charge in [-0.25, -0.2) is 0 Å². The molecule has 10 heteroatoms. The van der Waals surface area contributed by atoms with Crippen LogP contribution in [0.25, 0.3) is 0 Å². The van der Waals surface area contributed by atoms with Gasteiger partial charge in [0.15, 0.2) is 0 Å². The number of benzene rings is 1. The molecule has 0 amide bonds. The summed E-state index contributed by atoms with van der Waals surface area (Å²) in [7, 11) is 0. The van der Waals surface area contributed by atoms with Crippen LogP contribution in [0.4, 0.5) is 11.4 Å². The average molecular weight is 543 g/mol. The monoisotopic (exact) mass is 542 g/mol. The van der Waals surface area contributed by atoms with Crippen molar-refractivity contribution in [3.63, 3.8) is 0 Å². The minimum atomic E-state index is -2.43. The molecule has 1 aromatic rings. The fourth-order valence-corrected chi connectivity index (χ4v) is 5.04. The zero-order chi connectivity index (χ0) is 28.6. The molecule has 2 rings (SSSR count). The van der Waals surface area contributed by atoms with Gasteiger partial charge in [-0.3, -0.25) is 0 Å². The molecule has 3 N–H and O–H groups in total. The first-order valence-electron chi connectivity index (χ1n) is 13.8. The van der Waals surface area contributed by atoms with Gasteiger partial charge in [0, 0.05) is 56.6 Å². The number of fused-ring (bicyclic) bond motifs is 1.